The second-order valence-corrected chi connectivity index (χ2v) is 7.42. The molecule has 3 aromatic rings. The molecule has 0 radical (unpaired) electrons. The molecule has 2 N–H and O–H groups in total. The minimum Gasteiger partial charge on any atom is -0.379 e. The number of nitrogens with zero attached hydrogens (tertiary/aromatic N) is 3. The van der Waals surface area contributed by atoms with Gasteiger partial charge in [0.2, 0.25) is 0 Å². The first-order valence-electron chi connectivity index (χ1n) is 10.5. The molecule has 1 saturated heterocycles. The fraction of sp³-hybridized carbons (Fsp3) is 0.333. The van der Waals surface area contributed by atoms with Crippen molar-refractivity contribution < 1.29 is 4.74 Å². The number of aliphatic imine (C=N–C) groups is 1. The molecule has 0 aliphatic carbocycles. The fourth-order valence-corrected chi connectivity index (χ4v) is 3.77. The normalized spacial score (nSPS) is 15.3. The number of hydrogen-bond acceptors (Lipinski definition) is 4. The average Bonchev–Trinajstić information content (AvgIpc) is 2.81. The van der Waals surface area contributed by atoms with Crippen LogP contribution in [0.2, 0.25) is 0 Å². The number of benzene rings is 2. The van der Waals surface area contributed by atoms with Gasteiger partial charge >= 0.3 is 0 Å². The summed E-state index contributed by atoms with van der Waals surface area (Å²) in [5, 5.41) is 8.06. The number of nitrogens with one attached hydrogen (secondary N) is 2. The molecule has 0 unspecified atom stereocenters. The van der Waals surface area contributed by atoms with E-state index in [1.54, 1.807) is 7.05 Å². The van der Waals surface area contributed by atoms with Crippen molar-refractivity contribution in [2.24, 2.45) is 4.99 Å². The zero-order valence-corrected chi connectivity index (χ0v) is 17.5. The molecule has 156 valence electrons. The zero-order valence-electron chi connectivity index (χ0n) is 17.5. The topological polar surface area (TPSA) is 61.8 Å². The maximum atomic E-state index is 5.47. The van der Waals surface area contributed by atoms with E-state index in [0.717, 1.165) is 50.9 Å². The molecule has 2 heterocycles. The second-order valence-electron chi connectivity index (χ2n) is 7.42. The first-order chi connectivity index (χ1) is 14.8. The van der Waals surface area contributed by atoms with Gasteiger partial charge in [-0.15, -0.1) is 0 Å². The minimum absolute atomic E-state index is 0.693. The number of ether oxygens (including phenoxy) is 1. The van der Waals surface area contributed by atoms with Crippen LogP contribution in [0.5, 0.6) is 0 Å². The van der Waals surface area contributed by atoms with Gasteiger partial charge in [-0.05, 0) is 28.8 Å². The lowest BCUT2D eigenvalue weighted by molar-refractivity contribution is 0.0341. The zero-order chi connectivity index (χ0) is 20.6. The number of guanidine groups is 1. The lowest BCUT2D eigenvalue weighted by Gasteiger charge is -2.27. The summed E-state index contributed by atoms with van der Waals surface area (Å²) >= 11 is 0. The van der Waals surface area contributed by atoms with Crippen LogP contribution in [0.15, 0.2) is 65.8 Å². The van der Waals surface area contributed by atoms with Crippen LogP contribution in [0, 0.1) is 0 Å². The molecule has 6 nitrogen and oxygen atoms in total. The van der Waals surface area contributed by atoms with Gasteiger partial charge in [-0.1, -0.05) is 42.5 Å². The molecule has 1 aromatic heterocycles. The number of para-hydroxylation sites is 1. The molecule has 0 bridgehead atoms. The molecule has 0 saturated carbocycles. The van der Waals surface area contributed by atoms with Crippen molar-refractivity contribution in [3.63, 3.8) is 0 Å². The summed E-state index contributed by atoms with van der Waals surface area (Å²) in [5.41, 5.74) is 4.86. The van der Waals surface area contributed by atoms with Crippen molar-refractivity contribution >= 4 is 16.9 Å². The van der Waals surface area contributed by atoms with Crippen LogP contribution >= 0.6 is 0 Å². The number of morpholine rings is 1. The SMILES string of the molecule is CN=C(NCc1ccccc1CN1CCOCC1)NCc1ccnc2ccccc12. The summed E-state index contributed by atoms with van der Waals surface area (Å²) in [4.78, 5) is 11.3. The highest BCUT2D eigenvalue weighted by Crippen LogP contribution is 2.16. The molecular weight excluding hydrogens is 374 g/mol. The second kappa shape index (κ2) is 10.2. The van der Waals surface area contributed by atoms with E-state index in [1.165, 1.54) is 22.1 Å². The third-order valence-corrected chi connectivity index (χ3v) is 5.47. The summed E-state index contributed by atoms with van der Waals surface area (Å²) in [6.07, 6.45) is 1.86. The summed E-state index contributed by atoms with van der Waals surface area (Å²) < 4.78 is 5.47. The molecule has 6 heteroatoms. The highest BCUT2D eigenvalue weighted by atomic mass is 16.5. The van der Waals surface area contributed by atoms with E-state index in [9.17, 15) is 0 Å². The first kappa shape index (κ1) is 20.3. The maximum absolute atomic E-state index is 5.47. The van der Waals surface area contributed by atoms with Crippen LogP contribution in [0.3, 0.4) is 0 Å². The number of pyridine rings is 1. The molecule has 1 fully saturated rings. The van der Waals surface area contributed by atoms with Crippen LogP contribution in [0.4, 0.5) is 0 Å². The summed E-state index contributed by atoms with van der Waals surface area (Å²) in [7, 11) is 1.81. The highest BCUT2D eigenvalue weighted by molar-refractivity contribution is 5.83. The molecule has 30 heavy (non-hydrogen) atoms. The predicted octanol–water partition coefficient (Wildman–Crippen LogP) is 2.93. The Bertz CT molecular complexity index is 992. The van der Waals surface area contributed by atoms with Gasteiger partial charge in [-0.3, -0.25) is 14.9 Å². The Morgan fingerprint density at radius 1 is 0.933 bits per heavy atom. The van der Waals surface area contributed by atoms with Crippen molar-refractivity contribution in [3.8, 4) is 0 Å². The third kappa shape index (κ3) is 5.14. The van der Waals surface area contributed by atoms with E-state index in [2.05, 4.69) is 61.9 Å². The van der Waals surface area contributed by atoms with Gasteiger partial charge in [0, 0.05) is 51.4 Å². The average molecular weight is 404 g/mol. The summed E-state index contributed by atoms with van der Waals surface area (Å²) in [5.74, 6) is 0.789. The van der Waals surface area contributed by atoms with Gasteiger partial charge < -0.3 is 15.4 Å². The Morgan fingerprint density at radius 2 is 1.63 bits per heavy atom. The van der Waals surface area contributed by atoms with Gasteiger partial charge in [0.15, 0.2) is 5.96 Å². The predicted molar refractivity (Wildman–Crippen MR) is 121 cm³/mol. The molecule has 2 aromatic carbocycles. The Morgan fingerprint density at radius 3 is 2.43 bits per heavy atom. The Labute approximate surface area is 178 Å². The van der Waals surface area contributed by atoms with Crippen LogP contribution in [0.1, 0.15) is 16.7 Å². The lowest BCUT2D eigenvalue weighted by atomic mass is 10.1. The molecule has 0 atom stereocenters. The van der Waals surface area contributed by atoms with Crippen molar-refractivity contribution in [3.05, 3.63) is 77.5 Å². The molecule has 0 spiro atoms. The van der Waals surface area contributed by atoms with Crippen molar-refractivity contribution in [2.75, 3.05) is 33.4 Å². The van der Waals surface area contributed by atoms with Gasteiger partial charge in [0.25, 0.3) is 0 Å². The van der Waals surface area contributed by atoms with E-state index >= 15 is 0 Å². The Balaban J connectivity index is 1.37. The fourth-order valence-electron chi connectivity index (χ4n) is 3.77. The smallest absolute Gasteiger partial charge is 0.191 e. The van der Waals surface area contributed by atoms with Crippen LogP contribution in [-0.4, -0.2) is 49.2 Å². The maximum Gasteiger partial charge on any atom is 0.191 e. The first-order valence-corrected chi connectivity index (χ1v) is 10.5. The van der Waals surface area contributed by atoms with Crippen LogP contribution < -0.4 is 10.6 Å². The molecule has 0 amide bonds. The Kier molecular flexibility index (Phi) is 6.90. The highest BCUT2D eigenvalue weighted by Gasteiger charge is 2.13. The lowest BCUT2D eigenvalue weighted by Crippen LogP contribution is -2.37. The quantitative estimate of drug-likeness (QED) is 0.490. The third-order valence-electron chi connectivity index (χ3n) is 5.47. The van der Waals surface area contributed by atoms with Crippen LogP contribution in [-0.2, 0) is 24.4 Å². The molecule has 4 rings (SSSR count). The number of rotatable bonds is 6. The Hall–Kier alpha value is -2.96. The van der Waals surface area contributed by atoms with Crippen molar-refractivity contribution in [1.82, 2.24) is 20.5 Å². The van der Waals surface area contributed by atoms with Crippen molar-refractivity contribution in [1.29, 1.82) is 0 Å². The van der Waals surface area contributed by atoms with Gasteiger partial charge in [0.1, 0.15) is 0 Å². The largest absolute Gasteiger partial charge is 0.379 e. The van der Waals surface area contributed by atoms with Crippen LogP contribution in [0.25, 0.3) is 10.9 Å². The molecular formula is C24H29N5O. The molecule has 1 aliphatic heterocycles. The number of aromatic nitrogens is 1. The van der Waals surface area contributed by atoms with Gasteiger partial charge in [0.05, 0.1) is 18.7 Å². The van der Waals surface area contributed by atoms with Gasteiger partial charge in [-0.2, -0.15) is 0 Å². The van der Waals surface area contributed by atoms with E-state index in [1.807, 2.05) is 24.4 Å². The van der Waals surface area contributed by atoms with E-state index in [4.69, 9.17) is 4.74 Å². The summed E-state index contributed by atoms with van der Waals surface area (Å²) in [6.45, 7) is 6.00. The van der Waals surface area contributed by atoms with Gasteiger partial charge in [-0.25, -0.2) is 0 Å². The number of fused-ring (bicyclic) bond motifs is 1. The van der Waals surface area contributed by atoms with Crippen molar-refractivity contribution in [2.45, 2.75) is 19.6 Å². The standard InChI is InChI=1S/C24H29N5O/c1-25-24(28-17-20-10-11-26-23-9-5-4-8-22(20)23)27-16-19-6-2-3-7-21(19)18-29-12-14-30-15-13-29/h2-11H,12-18H2,1H3,(H2,25,27,28). The minimum atomic E-state index is 0.693. The monoisotopic (exact) mass is 403 g/mol. The van der Waals surface area contributed by atoms with E-state index in [-0.39, 0.29) is 0 Å². The van der Waals surface area contributed by atoms with E-state index in [0.29, 0.717) is 6.54 Å². The molecule has 1 aliphatic rings. The number of hydrogen-bond donors (Lipinski definition) is 2. The summed E-state index contributed by atoms with van der Waals surface area (Å²) in [6, 6.07) is 18.9. The van der Waals surface area contributed by atoms with E-state index < -0.39 is 0 Å².